The van der Waals surface area contributed by atoms with Gasteiger partial charge in [-0.15, -0.1) is 0 Å². The fourth-order valence-electron chi connectivity index (χ4n) is 2.47. The molecule has 130 valence electrons. The summed E-state index contributed by atoms with van der Waals surface area (Å²) >= 11 is 1.22. The van der Waals surface area contributed by atoms with E-state index in [0.29, 0.717) is 11.7 Å². The van der Waals surface area contributed by atoms with E-state index in [1.165, 1.54) is 11.5 Å². The lowest BCUT2D eigenvalue weighted by Crippen LogP contribution is -2.37. The topological polar surface area (TPSA) is 71.0 Å². The van der Waals surface area contributed by atoms with Gasteiger partial charge in [0.2, 0.25) is 5.13 Å². The molecule has 2 rings (SSSR count). The van der Waals surface area contributed by atoms with Gasteiger partial charge in [0.05, 0.1) is 6.04 Å². The Labute approximate surface area is 147 Å². The van der Waals surface area contributed by atoms with Crippen molar-refractivity contribution in [1.29, 1.82) is 0 Å². The van der Waals surface area contributed by atoms with Crippen LogP contribution in [-0.2, 0) is 5.41 Å². The zero-order chi connectivity index (χ0) is 17.7. The summed E-state index contributed by atoms with van der Waals surface area (Å²) in [6.07, 6.45) is 4.34. The number of carbonyl (C=O) groups is 1. The SMILES string of the molecule is CCC(c1ccncc1)N(CC)C(=O)Nc1nc(C(C)(C)C)ns1. The molecule has 1 N–H and O–H groups in total. The lowest BCUT2D eigenvalue weighted by atomic mass is 9.96. The molecule has 24 heavy (non-hydrogen) atoms. The molecule has 0 saturated heterocycles. The molecule has 0 bridgehead atoms. The van der Waals surface area contributed by atoms with Gasteiger partial charge in [-0.2, -0.15) is 4.37 Å². The predicted octanol–water partition coefficient (Wildman–Crippen LogP) is 4.24. The third-order valence-corrected chi connectivity index (χ3v) is 4.40. The Morgan fingerprint density at radius 3 is 2.46 bits per heavy atom. The number of pyridine rings is 1. The van der Waals surface area contributed by atoms with Crippen LogP contribution in [0.1, 0.15) is 58.5 Å². The van der Waals surface area contributed by atoms with Crippen LogP contribution in [0.3, 0.4) is 0 Å². The summed E-state index contributed by atoms with van der Waals surface area (Å²) < 4.78 is 4.34. The molecular formula is C17H25N5OS. The minimum absolute atomic E-state index is 0.00741. The molecule has 2 heterocycles. The van der Waals surface area contributed by atoms with Gasteiger partial charge in [0, 0.05) is 35.9 Å². The molecule has 2 amide bonds. The number of carbonyl (C=O) groups excluding carboxylic acids is 1. The highest BCUT2D eigenvalue weighted by Crippen LogP contribution is 2.26. The van der Waals surface area contributed by atoms with Gasteiger partial charge in [-0.25, -0.2) is 9.78 Å². The number of anilines is 1. The van der Waals surface area contributed by atoms with Crippen molar-refractivity contribution in [3.63, 3.8) is 0 Å². The monoisotopic (exact) mass is 347 g/mol. The first-order valence-electron chi connectivity index (χ1n) is 8.18. The molecule has 2 aromatic rings. The molecule has 7 heteroatoms. The number of aromatic nitrogens is 3. The van der Waals surface area contributed by atoms with Crippen molar-refractivity contribution in [1.82, 2.24) is 19.2 Å². The van der Waals surface area contributed by atoms with E-state index in [9.17, 15) is 4.79 Å². The van der Waals surface area contributed by atoms with E-state index < -0.39 is 0 Å². The summed E-state index contributed by atoms with van der Waals surface area (Å²) in [5.74, 6) is 0.743. The minimum Gasteiger partial charge on any atom is -0.318 e. The normalized spacial score (nSPS) is 12.7. The molecule has 0 fully saturated rings. The van der Waals surface area contributed by atoms with Gasteiger partial charge in [0.1, 0.15) is 5.82 Å². The zero-order valence-electron chi connectivity index (χ0n) is 14.9. The average molecular weight is 347 g/mol. The molecule has 0 aromatic carbocycles. The second-order valence-electron chi connectivity index (χ2n) is 6.59. The van der Waals surface area contributed by atoms with Crippen molar-refractivity contribution in [2.24, 2.45) is 0 Å². The highest BCUT2D eigenvalue weighted by Gasteiger charge is 2.25. The van der Waals surface area contributed by atoms with E-state index in [-0.39, 0.29) is 17.5 Å². The number of urea groups is 1. The van der Waals surface area contributed by atoms with E-state index in [1.54, 1.807) is 12.4 Å². The summed E-state index contributed by atoms with van der Waals surface area (Å²) in [7, 11) is 0. The number of nitrogens with zero attached hydrogens (tertiary/aromatic N) is 4. The first-order valence-corrected chi connectivity index (χ1v) is 8.95. The molecule has 0 radical (unpaired) electrons. The quantitative estimate of drug-likeness (QED) is 0.878. The van der Waals surface area contributed by atoms with Crippen LogP contribution in [-0.4, -0.2) is 31.8 Å². The van der Waals surface area contributed by atoms with E-state index >= 15 is 0 Å². The van der Waals surface area contributed by atoms with Crippen LogP contribution in [0, 0.1) is 0 Å². The maximum atomic E-state index is 12.7. The second-order valence-corrected chi connectivity index (χ2v) is 7.35. The van der Waals surface area contributed by atoms with E-state index in [4.69, 9.17) is 0 Å². The number of hydrogen-bond acceptors (Lipinski definition) is 5. The average Bonchev–Trinajstić information content (AvgIpc) is 3.01. The Kier molecular flexibility index (Phi) is 5.88. The largest absolute Gasteiger partial charge is 0.324 e. The van der Waals surface area contributed by atoms with Gasteiger partial charge >= 0.3 is 6.03 Å². The minimum atomic E-state index is -0.155. The van der Waals surface area contributed by atoms with Crippen LogP contribution in [0.5, 0.6) is 0 Å². The Hall–Kier alpha value is -2.02. The van der Waals surface area contributed by atoms with Crippen LogP contribution >= 0.6 is 11.5 Å². The van der Waals surface area contributed by atoms with Crippen molar-refractivity contribution in [3.05, 3.63) is 35.9 Å². The van der Waals surface area contributed by atoms with E-state index in [2.05, 4.69) is 47.4 Å². The fraction of sp³-hybridized carbons (Fsp3) is 0.529. The summed E-state index contributed by atoms with van der Waals surface area (Å²) in [4.78, 5) is 23.0. The molecular weight excluding hydrogens is 322 g/mol. The molecule has 1 unspecified atom stereocenters. The van der Waals surface area contributed by atoms with Gasteiger partial charge in [-0.05, 0) is 31.0 Å². The Balaban J connectivity index is 2.15. The molecule has 6 nitrogen and oxygen atoms in total. The van der Waals surface area contributed by atoms with E-state index in [0.717, 1.165) is 17.8 Å². The van der Waals surface area contributed by atoms with Gasteiger partial charge < -0.3 is 4.90 Å². The Morgan fingerprint density at radius 1 is 1.29 bits per heavy atom. The first-order chi connectivity index (χ1) is 11.4. The maximum absolute atomic E-state index is 12.7. The summed E-state index contributed by atoms with van der Waals surface area (Å²) in [6.45, 7) is 10.8. The summed E-state index contributed by atoms with van der Waals surface area (Å²) in [5.41, 5.74) is 0.949. The van der Waals surface area contributed by atoms with Crippen LogP contribution in [0.25, 0.3) is 0 Å². The Morgan fingerprint density at radius 2 is 1.96 bits per heavy atom. The van der Waals surface area contributed by atoms with Crippen molar-refractivity contribution in [3.8, 4) is 0 Å². The molecule has 0 spiro atoms. The van der Waals surface area contributed by atoms with Gasteiger partial charge in [-0.1, -0.05) is 27.7 Å². The maximum Gasteiger partial charge on any atom is 0.324 e. The third-order valence-electron chi connectivity index (χ3n) is 3.77. The van der Waals surface area contributed by atoms with Crippen LogP contribution in [0.2, 0.25) is 0 Å². The third kappa shape index (κ3) is 4.29. The number of amides is 2. The summed E-state index contributed by atoms with van der Waals surface area (Å²) in [6, 6.07) is 3.75. The predicted molar refractivity (Wildman–Crippen MR) is 97.3 cm³/mol. The summed E-state index contributed by atoms with van der Waals surface area (Å²) in [5, 5.41) is 3.42. The molecule has 0 aliphatic heterocycles. The molecule has 0 saturated carbocycles. The number of nitrogens with one attached hydrogen (secondary N) is 1. The number of rotatable bonds is 5. The molecule has 0 aliphatic carbocycles. The zero-order valence-corrected chi connectivity index (χ0v) is 15.7. The molecule has 0 aliphatic rings. The van der Waals surface area contributed by atoms with Gasteiger partial charge in [-0.3, -0.25) is 10.3 Å². The van der Waals surface area contributed by atoms with Crippen LogP contribution in [0.15, 0.2) is 24.5 Å². The fourth-order valence-corrected chi connectivity index (χ4v) is 3.22. The molecule has 2 aromatic heterocycles. The Bertz CT molecular complexity index is 665. The van der Waals surface area contributed by atoms with Crippen LogP contribution < -0.4 is 5.32 Å². The first kappa shape index (κ1) is 18.3. The standard InChI is InChI=1S/C17H25N5OS/c1-6-13(12-8-10-18-11-9-12)22(7-2)16(23)20-15-19-14(21-24-15)17(3,4)5/h8-11,13H,6-7H2,1-5H3,(H,19,20,21,23). The highest BCUT2D eigenvalue weighted by molar-refractivity contribution is 7.09. The van der Waals surface area contributed by atoms with Crippen molar-refractivity contribution < 1.29 is 4.79 Å². The van der Waals surface area contributed by atoms with Crippen molar-refractivity contribution >= 4 is 22.7 Å². The van der Waals surface area contributed by atoms with E-state index in [1.807, 2.05) is 24.0 Å². The van der Waals surface area contributed by atoms with Crippen molar-refractivity contribution in [2.75, 3.05) is 11.9 Å². The van der Waals surface area contributed by atoms with Crippen molar-refractivity contribution in [2.45, 2.75) is 52.5 Å². The lowest BCUT2D eigenvalue weighted by molar-refractivity contribution is 0.190. The highest BCUT2D eigenvalue weighted by atomic mass is 32.1. The lowest BCUT2D eigenvalue weighted by Gasteiger charge is -2.30. The molecule has 1 atom stereocenters. The van der Waals surface area contributed by atoms with Crippen LogP contribution in [0.4, 0.5) is 9.93 Å². The van der Waals surface area contributed by atoms with Gasteiger partial charge in [0.15, 0.2) is 0 Å². The number of hydrogen-bond donors (Lipinski definition) is 1. The van der Waals surface area contributed by atoms with Gasteiger partial charge in [0.25, 0.3) is 0 Å². The smallest absolute Gasteiger partial charge is 0.318 e. The second kappa shape index (κ2) is 7.70.